The van der Waals surface area contributed by atoms with Crippen molar-refractivity contribution in [1.82, 2.24) is 24.5 Å². The highest BCUT2D eigenvalue weighted by molar-refractivity contribution is 6.24. The van der Waals surface area contributed by atoms with Gasteiger partial charge in [-0.15, -0.1) is 0 Å². The lowest BCUT2D eigenvalue weighted by atomic mass is 9.81. The molecule has 5 fully saturated rings. The van der Waals surface area contributed by atoms with Gasteiger partial charge in [-0.3, -0.25) is 72.4 Å². The van der Waals surface area contributed by atoms with E-state index in [2.05, 4.69) is 0 Å². The highest BCUT2D eigenvalue weighted by atomic mass is 16.7. The van der Waals surface area contributed by atoms with Crippen LogP contribution in [0.5, 0.6) is 0 Å². The molecule has 10 amide bonds. The van der Waals surface area contributed by atoms with Crippen LogP contribution in [0.25, 0.3) is 0 Å². The lowest BCUT2D eigenvalue weighted by Crippen LogP contribution is -2.66. The number of methoxy groups -OCH3 is 5. The van der Waals surface area contributed by atoms with Gasteiger partial charge in [0.2, 0.25) is 0 Å². The Balaban J connectivity index is 0.000000145. The van der Waals surface area contributed by atoms with E-state index in [9.17, 15) is 93.9 Å². The number of fused-ring (bicyclic) bond motifs is 5. The molecule has 10 unspecified atom stereocenters. The second-order valence-electron chi connectivity index (χ2n) is 28.5. The first-order valence-corrected chi connectivity index (χ1v) is 36.9. The fourth-order valence-electron chi connectivity index (χ4n) is 15.7. The fraction of sp³-hybridized carbons (Fsp3) is 0.487. The summed E-state index contributed by atoms with van der Waals surface area (Å²) in [6, 6.07) is 27.7. The summed E-state index contributed by atoms with van der Waals surface area (Å²) in [6.45, 7) is 5.28. The normalized spacial score (nSPS) is 33.9. The maximum absolute atomic E-state index is 13.1. The van der Waals surface area contributed by atoms with E-state index in [0.717, 1.165) is 14.7 Å². The molecule has 0 spiro atoms. The van der Waals surface area contributed by atoms with Gasteiger partial charge in [-0.1, -0.05) is 81.4 Å². The van der Waals surface area contributed by atoms with Gasteiger partial charge in [0, 0.05) is 48.6 Å². The Kier molecular flexibility index (Phi) is 27.6. The number of aliphatic hydroxyl groups is 9. The molecule has 10 aliphatic heterocycles. The number of rotatable bonds is 15. The number of carbonyl (C=O) groups is 10. The van der Waals surface area contributed by atoms with Gasteiger partial charge in [-0.2, -0.15) is 0 Å². The van der Waals surface area contributed by atoms with E-state index in [1.807, 2.05) is 13.8 Å². The van der Waals surface area contributed by atoms with Crippen LogP contribution in [-0.2, 0) is 47.4 Å². The van der Waals surface area contributed by atoms with Crippen molar-refractivity contribution in [2.45, 2.75) is 168 Å². The van der Waals surface area contributed by atoms with Crippen molar-refractivity contribution < 1.29 is 141 Å². The van der Waals surface area contributed by atoms with Gasteiger partial charge in [0.05, 0.1) is 93.1 Å². The van der Waals surface area contributed by atoms with Gasteiger partial charge in [0.25, 0.3) is 59.1 Å². The number of nitrogens with two attached hydrogens (primary N) is 3. The molecule has 0 bridgehead atoms. The van der Waals surface area contributed by atoms with E-state index in [1.165, 1.54) is 69.6 Å². The predicted molar refractivity (Wildman–Crippen MR) is 393 cm³/mol. The smallest absolute Gasteiger partial charge is 0.262 e. The Bertz CT molecular complexity index is 3980. The third-order valence-corrected chi connectivity index (χ3v) is 22.2. The van der Waals surface area contributed by atoms with E-state index in [-0.39, 0.29) is 88.5 Å². The van der Waals surface area contributed by atoms with Crippen molar-refractivity contribution in [3.8, 4) is 0 Å². The van der Waals surface area contributed by atoms with Crippen molar-refractivity contribution in [3.63, 3.8) is 0 Å². The molecule has 5 aromatic carbocycles. The minimum Gasteiger partial charge on any atom is -0.394 e. The molecule has 15 N–H and O–H groups in total. The molecule has 15 rings (SSSR count). The standard InChI is InChI=1S/C25H24N2O6.C16H19NO6.C15H18N2O6.C15H17NO7.C7H16N2O4/c1-13-14(2)20(27-23(30)17-10-6-7-11-18(17)24(27)31)25(32-3)33-19(13)12-26-21(28)15-8-4-5-9-16(15)22(26)29;1-3-10-12(18)13(19)11(16(22-2)23-10)17-14(20)8-6-4-5-7-9(8)15(17)21;1-22-15-10(12(19)11(18)9(6-16)23-15)17-13(20)7-4-2-3-5-8(7)14(17)21;1-22-15-10(12(19)11(18)9(6-17)23-15)16-13(20)7-4-2-3-5-8(7)14(16)21;1-12-7-4(9)6(11)5(10)3(2-8)13-7/h4-11,13-14,19-20,25H,12H2,1-3H3;4-7,10-13,16,18-19H,3H2,1-2H3;2-5,9-12,15,18-19H,6,16H2,1H3;2-5,9-12,15,17-19H,6H2,1H3;3-7,10-11H,2,8-9H2,1H3/t13-,14-,19?,20-,25?;10?,11-,12+,13+,16?;2*9?,10-,11+,12+,15?;3?,4-,5+,6+,7?/m00000/s1. The van der Waals surface area contributed by atoms with Crippen LogP contribution < -0.4 is 17.2 Å². The van der Waals surface area contributed by atoms with Crippen LogP contribution in [-0.4, -0.2) is 332 Å². The van der Waals surface area contributed by atoms with Gasteiger partial charge in [-0.05, 0) is 78.9 Å². The molecule has 37 nitrogen and oxygen atoms in total. The van der Waals surface area contributed by atoms with Gasteiger partial charge in [0.1, 0.15) is 85.3 Å². The maximum Gasteiger partial charge on any atom is 0.262 e. The number of aliphatic hydroxyl groups excluding tert-OH is 9. The summed E-state index contributed by atoms with van der Waals surface area (Å²) >= 11 is 0. The van der Waals surface area contributed by atoms with Crippen LogP contribution >= 0.6 is 0 Å². The Labute approximate surface area is 658 Å². The molecular weight excluding hydrogens is 1510 g/mol. The summed E-state index contributed by atoms with van der Waals surface area (Å²) in [5.41, 5.74) is 19.3. The van der Waals surface area contributed by atoms with Crippen LogP contribution in [0.3, 0.4) is 0 Å². The number of hydrogen-bond donors (Lipinski definition) is 12. The van der Waals surface area contributed by atoms with E-state index < -0.39 is 183 Å². The number of nitrogens with zero attached hydrogens (tertiary/aromatic N) is 5. The predicted octanol–water partition coefficient (Wildman–Crippen LogP) is -2.45. The summed E-state index contributed by atoms with van der Waals surface area (Å²) in [5.74, 6) is -5.16. The molecule has 10 heterocycles. The molecule has 115 heavy (non-hydrogen) atoms. The fourth-order valence-corrected chi connectivity index (χ4v) is 15.7. The first kappa shape index (κ1) is 86.8. The number of carbonyl (C=O) groups excluding carboxylic acids is 10. The summed E-state index contributed by atoms with van der Waals surface area (Å²) < 4.78 is 53.8. The SMILES string of the molecule is CCC1OC(OC)[C@@H](N2C(=O)c3ccccc3C2=O)[C@@H](O)[C@@H]1O.COC1OC(CN)[C@@H](O)[C@H](O)[C@@H]1N.COC1OC(CN)[C@@H](O)[C@H](O)[C@@H]1N1C(=O)c2ccccc2C1=O.COC1OC(CN2C(=O)c3ccccc3C2=O)[C@@H](C)[C@H](C)[C@@H]1N1C(=O)c2ccccc2C1=O.COC1OC(CO)[C@@H](O)[C@H](O)[C@@H]1N1C(=O)c2ccccc2C1=O. The number of imide groups is 5. The Morgan fingerprint density at radius 2 is 0.557 bits per heavy atom. The molecule has 5 saturated heterocycles. The lowest BCUT2D eigenvalue weighted by Gasteiger charge is -2.47. The first-order chi connectivity index (χ1) is 55.0. The van der Waals surface area contributed by atoms with Crippen molar-refractivity contribution in [1.29, 1.82) is 0 Å². The molecule has 10 aliphatic rings. The number of hydrogen-bond acceptors (Lipinski definition) is 32. The minimum atomic E-state index is -1.51. The number of benzene rings is 5. The molecule has 0 aliphatic carbocycles. The van der Waals surface area contributed by atoms with E-state index in [0.29, 0.717) is 28.7 Å². The van der Waals surface area contributed by atoms with Crippen LogP contribution in [0, 0.1) is 11.8 Å². The third-order valence-electron chi connectivity index (χ3n) is 22.2. The largest absolute Gasteiger partial charge is 0.394 e. The molecule has 0 radical (unpaired) electrons. The Hall–Kier alpha value is -9.08. The Morgan fingerprint density at radius 1 is 0.322 bits per heavy atom. The zero-order valence-electron chi connectivity index (χ0n) is 63.7. The van der Waals surface area contributed by atoms with Crippen LogP contribution in [0.15, 0.2) is 121 Å². The van der Waals surface area contributed by atoms with Gasteiger partial charge in [-0.25, -0.2) is 0 Å². The summed E-state index contributed by atoms with van der Waals surface area (Å²) in [5, 5.41) is 89.6. The first-order valence-electron chi connectivity index (χ1n) is 36.9. The van der Waals surface area contributed by atoms with E-state index in [1.54, 1.807) is 104 Å². The quantitative estimate of drug-likeness (QED) is 0.0484. The van der Waals surface area contributed by atoms with Crippen LogP contribution in [0.1, 0.15) is 131 Å². The summed E-state index contributed by atoms with van der Waals surface area (Å²) in [6.07, 6.45) is -18.4. The monoisotopic (exact) mass is 1610 g/mol. The summed E-state index contributed by atoms with van der Waals surface area (Å²) in [4.78, 5) is 132. The highest BCUT2D eigenvalue weighted by Crippen LogP contribution is 2.41. The second kappa shape index (κ2) is 36.6. The molecular formula is C78H94N8O29. The maximum atomic E-state index is 13.1. The molecule has 0 saturated carbocycles. The van der Waals surface area contributed by atoms with Crippen molar-refractivity contribution >= 4 is 59.1 Å². The van der Waals surface area contributed by atoms with Gasteiger partial charge >= 0.3 is 0 Å². The molecule has 25 atom stereocenters. The van der Waals surface area contributed by atoms with Crippen LogP contribution in [0.2, 0.25) is 0 Å². The molecule has 5 aromatic rings. The third kappa shape index (κ3) is 16.0. The zero-order valence-corrected chi connectivity index (χ0v) is 63.7. The van der Waals surface area contributed by atoms with E-state index in [4.69, 9.17) is 64.6 Å². The molecule has 620 valence electrons. The average Bonchev–Trinajstić information content (AvgIpc) is 1.63. The van der Waals surface area contributed by atoms with E-state index >= 15 is 0 Å². The zero-order chi connectivity index (χ0) is 83.6. The topological polar surface area (TPSA) is 539 Å². The van der Waals surface area contributed by atoms with Gasteiger partial charge < -0.3 is 111 Å². The number of ether oxygens (including phenoxy) is 10. The molecule has 37 heteroatoms. The number of amides is 10. The Morgan fingerprint density at radius 3 is 0.843 bits per heavy atom. The minimum absolute atomic E-state index is 0.0348. The van der Waals surface area contributed by atoms with Crippen molar-refractivity contribution in [2.24, 2.45) is 29.0 Å². The van der Waals surface area contributed by atoms with Gasteiger partial charge in [0.15, 0.2) is 31.5 Å². The van der Waals surface area contributed by atoms with Crippen molar-refractivity contribution in [2.75, 3.05) is 61.8 Å². The van der Waals surface area contributed by atoms with Crippen LogP contribution in [0.4, 0.5) is 0 Å². The second-order valence-corrected chi connectivity index (χ2v) is 28.5. The average molecular weight is 1610 g/mol. The van der Waals surface area contributed by atoms with Crippen molar-refractivity contribution in [3.05, 3.63) is 177 Å². The summed E-state index contributed by atoms with van der Waals surface area (Å²) in [7, 11) is 6.86. The highest BCUT2D eigenvalue weighted by Gasteiger charge is 2.58. The lowest BCUT2D eigenvalue weighted by molar-refractivity contribution is -0.272. The molecule has 0 aromatic heterocycles.